The molecular weight excluding hydrogens is 236 g/mol. The van der Waals surface area contributed by atoms with Crippen molar-refractivity contribution in [1.29, 1.82) is 0 Å². The van der Waals surface area contributed by atoms with Crippen LogP contribution in [0.1, 0.15) is 59.3 Å². The van der Waals surface area contributed by atoms with Gasteiger partial charge in [0.1, 0.15) is 6.54 Å². The second-order valence-corrected chi connectivity index (χ2v) is 7.15. The topological polar surface area (TPSA) is 43.1 Å². The molecule has 0 bridgehead atoms. The minimum atomic E-state index is 0.218. The van der Waals surface area contributed by atoms with E-state index in [0.29, 0.717) is 22.3 Å². The summed E-state index contributed by atoms with van der Waals surface area (Å²) in [6.07, 6.45) is 7.32. The van der Waals surface area contributed by atoms with Crippen LogP contribution in [0.4, 0.5) is 0 Å². The number of hydrogen-bond donors (Lipinski definition) is 1. The molecular formula is C16H31N2O+. The summed E-state index contributed by atoms with van der Waals surface area (Å²) in [5, 5.41) is 0. The van der Waals surface area contributed by atoms with Crippen molar-refractivity contribution >= 4 is 5.91 Å². The van der Waals surface area contributed by atoms with Crippen molar-refractivity contribution in [2.75, 3.05) is 13.1 Å². The van der Waals surface area contributed by atoms with Crippen molar-refractivity contribution in [1.82, 2.24) is 0 Å². The van der Waals surface area contributed by atoms with Gasteiger partial charge in [-0.25, -0.2) is 4.79 Å². The molecule has 3 heteroatoms. The van der Waals surface area contributed by atoms with Crippen molar-refractivity contribution in [3.8, 4) is 0 Å². The molecule has 2 N–H and O–H groups in total. The first-order valence-electron chi connectivity index (χ1n) is 8.11. The number of likely N-dealkylation sites (tertiary alicyclic amines) is 1. The van der Waals surface area contributed by atoms with Gasteiger partial charge in [0.25, 0.3) is 0 Å². The molecule has 0 aromatic heterocycles. The third kappa shape index (κ3) is 3.03. The Labute approximate surface area is 118 Å². The van der Waals surface area contributed by atoms with E-state index in [0.717, 1.165) is 25.4 Å². The highest BCUT2D eigenvalue weighted by Crippen LogP contribution is 2.40. The lowest BCUT2D eigenvalue weighted by atomic mass is 9.76. The molecule has 3 atom stereocenters. The zero-order valence-corrected chi connectivity index (χ0v) is 12.9. The molecule has 0 spiro atoms. The molecule has 1 saturated carbocycles. The van der Waals surface area contributed by atoms with Gasteiger partial charge in [-0.1, -0.05) is 26.7 Å². The van der Waals surface area contributed by atoms with E-state index in [1.807, 2.05) is 0 Å². The summed E-state index contributed by atoms with van der Waals surface area (Å²) < 4.78 is 0.694. The molecule has 1 saturated heterocycles. The lowest BCUT2D eigenvalue weighted by Crippen LogP contribution is -2.69. The molecule has 2 rings (SSSR count). The number of quaternary nitrogens is 1. The number of amides is 1. The first-order valence-corrected chi connectivity index (χ1v) is 8.11. The van der Waals surface area contributed by atoms with Crippen LogP contribution >= 0.6 is 0 Å². The van der Waals surface area contributed by atoms with Gasteiger partial charge < -0.3 is 5.73 Å². The summed E-state index contributed by atoms with van der Waals surface area (Å²) in [5.74, 6) is 1.81. The number of piperidine rings is 1. The molecule has 19 heavy (non-hydrogen) atoms. The van der Waals surface area contributed by atoms with Crippen LogP contribution in [0.3, 0.4) is 0 Å². The molecule has 1 heterocycles. The summed E-state index contributed by atoms with van der Waals surface area (Å²) in [4.78, 5) is 12.3. The average Bonchev–Trinajstić information content (AvgIpc) is 2.31. The summed E-state index contributed by atoms with van der Waals surface area (Å²) in [7, 11) is 0. The van der Waals surface area contributed by atoms with E-state index >= 15 is 0 Å². The molecule has 1 aliphatic carbocycles. The number of nitrogens with two attached hydrogens (primary N) is 1. The highest BCUT2D eigenvalue weighted by atomic mass is 16.2. The van der Waals surface area contributed by atoms with Gasteiger partial charge in [0.15, 0.2) is 0 Å². The Bertz CT molecular complexity index is 325. The van der Waals surface area contributed by atoms with Crippen LogP contribution in [0, 0.1) is 11.8 Å². The Balaban J connectivity index is 2.10. The van der Waals surface area contributed by atoms with E-state index in [1.54, 1.807) is 6.92 Å². The maximum atomic E-state index is 12.3. The molecule has 0 radical (unpaired) electrons. The van der Waals surface area contributed by atoms with Gasteiger partial charge in [-0.2, -0.15) is 0 Å². The van der Waals surface area contributed by atoms with Gasteiger partial charge in [-0.05, 0) is 18.8 Å². The van der Waals surface area contributed by atoms with E-state index in [2.05, 4.69) is 13.8 Å². The first kappa shape index (κ1) is 15.0. The maximum absolute atomic E-state index is 12.3. The van der Waals surface area contributed by atoms with Crippen molar-refractivity contribution in [3.63, 3.8) is 0 Å². The fourth-order valence-corrected chi connectivity index (χ4v) is 4.31. The number of unbranched alkanes of at least 4 members (excludes halogenated alkanes) is 1. The zero-order chi connectivity index (χ0) is 14.0. The second kappa shape index (κ2) is 5.92. The number of carbonyl (C=O) groups is 1. The molecule has 1 amide bonds. The monoisotopic (exact) mass is 267 g/mol. The second-order valence-electron chi connectivity index (χ2n) is 7.15. The van der Waals surface area contributed by atoms with E-state index in [-0.39, 0.29) is 6.04 Å². The van der Waals surface area contributed by atoms with Crippen molar-refractivity contribution in [2.24, 2.45) is 17.6 Å². The minimum absolute atomic E-state index is 0.218. The molecule has 110 valence electrons. The van der Waals surface area contributed by atoms with Gasteiger partial charge in [-0.15, -0.1) is 0 Å². The first-order chi connectivity index (χ1) is 8.98. The predicted octanol–water partition coefficient (Wildman–Crippen LogP) is 2.69. The fourth-order valence-electron chi connectivity index (χ4n) is 4.31. The SMILES string of the molecule is CCCCC1CC(N)C[N+](C(C)=O)(C2CC(C)C2)C1. The molecule has 2 fully saturated rings. The summed E-state index contributed by atoms with van der Waals surface area (Å²) in [6, 6.07) is 0.776. The minimum Gasteiger partial charge on any atom is -0.323 e. The highest BCUT2D eigenvalue weighted by Gasteiger charge is 2.51. The van der Waals surface area contributed by atoms with Gasteiger partial charge >= 0.3 is 5.91 Å². The Morgan fingerprint density at radius 1 is 1.26 bits per heavy atom. The van der Waals surface area contributed by atoms with Crippen LogP contribution in [0.25, 0.3) is 0 Å². The normalized spacial score (nSPS) is 42.7. The Morgan fingerprint density at radius 2 is 1.95 bits per heavy atom. The molecule has 0 aromatic carbocycles. The van der Waals surface area contributed by atoms with Crippen LogP contribution < -0.4 is 5.73 Å². The van der Waals surface area contributed by atoms with Crippen LogP contribution in [0.2, 0.25) is 0 Å². The van der Waals surface area contributed by atoms with Crippen LogP contribution in [-0.4, -0.2) is 35.6 Å². The number of hydrogen-bond acceptors (Lipinski definition) is 2. The van der Waals surface area contributed by atoms with E-state index in [4.69, 9.17) is 5.73 Å². The molecule has 3 unspecified atom stereocenters. The lowest BCUT2D eigenvalue weighted by Gasteiger charge is -2.53. The molecule has 3 nitrogen and oxygen atoms in total. The van der Waals surface area contributed by atoms with Gasteiger partial charge in [-0.3, -0.25) is 4.48 Å². The Morgan fingerprint density at radius 3 is 2.47 bits per heavy atom. The summed E-state index contributed by atoms with van der Waals surface area (Å²) in [6.45, 7) is 8.27. The maximum Gasteiger partial charge on any atom is 0.310 e. The quantitative estimate of drug-likeness (QED) is 0.796. The summed E-state index contributed by atoms with van der Waals surface area (Å²) in [5.41, 5.74) is 6.29. The Hall–Kier alpha value is -0.410. The average molecular weight is 267 g/mol. The van der Waals surface area contributed by atoms with Crippen molar-refractivity contribution in [3.05, 3.63) is 0 Å². The number of carbonyl (C=O) groups excluding carboxylic acids is 1. The van der Waals surface area contributed by atoms with Crippen LogP contribution in [-0.2, 0) is 4.79 Å². The zero-order valence-electron chi connectivity index (χ0n) is 12.9. The highest BCUT2D eigenvalue weighted by molar-refractivity contribution is 5.66. The van der Waals surface area contributed by atoms with Gasteiger partial charge in [0.05, 0.1) is 25.6 Å². The molecule has 2 aliphatic rings. The van der Waals surface area contributed by atoms with Gasteiger partial charge in [0, 0.05) is 18.8 Å². The smallest absolute Gasteiger partial charge is 0.310 e. The fraction of sp³-hybridized carbons (Fsp3) is 0.938. The third-order valence-electron chi connectivity index (χ3n) is 5.42. The largest absolute Gasteiger partial charge is 0.323 e. The van der Waals surface area contributed by atoms with Gasteiger partial charge in [0.2, 0.25) is 0 Å². The predicted molar refractivity (Wildman–Crippen MR) is 78.5 cm³/mol. The van der Waals surface area contributed by atoms with Crippen LogP contribution in [0.15, 0.2) is 0 Å². The summed E-state index contributed by atoms with van der Waals surface area (Å²) >= 11 is 0. The van der Waals surface area contributed by atoms with Crippen molar-refractivity contribution < 1.29 is 9.28 Å². The standard InChI is InChI=1S/C16H31N2O/c1-4-5-6-14-9-15(17)11-18(10-14,13(3)19)16-7-12(2)8-16/h12,14-16H,4-11,17H2,1-3H3/q+1. The molecule has 1 aliphatic heterocycles. The van der Waals surface area contributed by atoms with E-state index < -0.39 is 0 Å². The number of rotatable bonds is 4. The van der Waals surface area contributed by atoms with E-state index in [9.17, 15) is 4.79 Å². The lowest BCUT2D eigenvalue weighted by molar-refractivity contribution is -0.895. The van der Waals surface area contributed by atoms with Crippen LogP contribution in [0.5, 0.6) is 0 Å². The third-order valence-corrected chi connectivity index (χ3v) is 5.42. The Kier molecular flexibility index (Phi) is 4.67. The van der Waals surface area contributed by atoms with E-state index in [1.165, 1.54) is 32.1 Å². The number of nitrogens with zero attached hydrogens (tertiary/aromatic N) is 1. The van der Waals surface area contributed by atoms with Crippen molar-refractivity contribution in [2.45, 2.75) is 71.4 Å². The molecule has 0 aromatic rings.